The van der Waals surface area contributed by atoms with E-state index in [4.69, 9.17) is 0 Å². The Bertz CT molecular complexity index is 1060. The number of amides is 1. The van der Waals surface area contributed by atoms with Crippen LogP contribution in [0.3, 0.4) is 0 Å². The molecule has 0 saturated carbocycles. The van der Waals surface area contributed by atoms with Crippen LogP contribution in [0.5, 0.6) is 0 Å². The summed E-state index contributed by atoms with van der Waals surface area (Å²) in [6.07, 6.45) is 0.751. The second-order valence-corrected chi connectivity index (χ2v) is 7.29. The van der Waals surface area contributed by atoms with Gasteiger partial charge in [-0.15, -0.1) is 10.2 Å². The molecule has 0 aliphatic rings. The van der Waals surface area contributed by atoms with Crippen molar-refractivity contribution in [1.82, 2.24) is 20.2 Å². The average Bonchev–Trinajstić information content (AvgIpc) is 3.14. The number of rotatable bonds is 6. The molecule has 2 N–H and O–H groups in total. The summed E-state index contributed by atoms with van der Waals surface area (Å²) in [6.45, 7) is 1.96. The molecule has 8 nitrogen and oxygen atoms in total. The van der Waals surface area contributed by atoms with Crippen LogP contribution in [-0.4, -0.2) is 31.8 Å². The minimum Gasteiger partial charge on any atom is -0.300 e. The van der Waals surface area contributed by atoms with Gasteiger partial charge in [0.2, 0.25) is 11.0 Å². The fraction of sp³-hybridized carbons (Fsp3) is 0.176. The number of H-pyrrole nitrogens is 1. The topological polar surface area (TPSA) is 124 Å². The number of anilines is 1. The maximum atomic E-state index is 12.2. The normalized spacial score (nSPS) is 10.4. The van der Waals surface area contributed by atoms with E-state index >= 15 is 0 Å². The molecule has 0 radical (unpaired) electrons. The number of nitrogens with zero attached hydrogens (tertiary/aromatic N) is 4. The molecule has 10 heteroatoms. The van der Waals surface area contributed by atoms with E-state index in [1.807, 2.05) is 19.1 Å². The van der Waals surface area contributed by atoms with E-state index in [0.717, 1.165) is 23.2 Å². The first-order chi connectivity index (χ1) is 13.1. The van der Waals surface area contributed by atoms with Gasteiger partial charge in [0.25, 0.3) is 5.56 Å². The standard InChI is InChI=1S/C17H14N6O2S2/c1-2-13-22-23-17(27-13)19-12(24)9-26-16-20-14(10-6-4-3-5-7-10)11(8-18)15(25)21-16/h3-7H,2,9H2,1H3,(H,19,23,24)(H,20,21,25). The molecule has 0 saturated heterocycles. The van der Waals surface area contributed by atoms with Crippen molar-refractivity contribution >= 4 is 34.1 Å². The van der Waals surface area contributed by atoms with E-state index in [1.54, 1.807) is 24.3 Å². The predicted molar refractivity (Wildman–Crippen MR) is 104 cm³/mol. The van der Waals surface area contributed by atoms with Crippen LogP contribution in [-0.2, 0) is 11.2 Å². The van der Waals surface area contributed by atoms with E-state index in [1.165, 1.54) is 11.3 Å². The Hall–Kier alpha value is -3.03. The Morgan fingerprint density at radius 1 is 1.33 bits per heavy atom. The highest BCUT2D eigenvalue weighted by atomic mass is 32.2. The molecule has 136 valence electrons. The van der Waals surface area contributed by atoms with Crippen LogP contribution >= 0.6 is 23.1 Å². The quantitative estimate of drug-likeness (QED) is 0.483. The predicted octanol–water partition coefficient (Wildman–Crippen LogP) is 2.45. The van der Waals surface area contributed by atoms with Gasteiger partial charge in [-0.2, -0.15) is 5.26 Å². The smallest absolute Gasteiger partial charge is 0.270 e. The number of nitriles is 1. The molecule has 0 spiro atoms. The second kappa shape index (κ2) is 8.57. The molecule has 27 heavy (non-hydrogen) atoms. The van der Waals surface area contributed by atoms with Crippen LogP contribution in [0.4, 0.5) is 5.13 Å². The molecule has 0 unspecified atom stereocenters. The minimum absolute atomic E-state index is 0.0319. The summed E-state index contributed by atoms with van der Waals surface area (Å²) in [7, 11) is 0. The number of aromatic nitrogens is 4. The number of aryl methyl sites for hydroxylation is 1. The first-order valence-corrected chi connectivity index (χ1v) is 9.75. The number of nitrogens with one attached hydrogen (secondary N) is 2. The first-order valence-electron chi connectivity index (χ1n) is 7.95. The molecule has 0 atom stereocenters. The number of hydrogen-bond acceptors (Lipinski definition) is 8. The van der Waals surface area contributed by atoms with Gasteiger partial charge < -0.3 is 4.98 Å². The third kappa shape index (κ3) is 4.58. The minimum atomic E-state index is -0.536. The first kappa shape index (κ1) is 18.8. The van der Waals surface area contributed by atoms with Crippen molar-refractivity contribution in [3.8, 4) is 17.3 Å². The van der Waals surface area contributed by atoms with Crippen LogP contribution in [0.15, 0.2) is 40.3 Å². The largest absolute Gasteiger partial charge is 0.300 e. The molecule has 0 aliphatic heterocycles. The van der Waals surface area contributed by atoms with Gasteiger partial charge in [-0.25, -0.2) is 4.98 Å². The summed E-state index contributed by atoms with van der Waals surface area (Å²) in [6, 6.07) is 10.9. The Morgan fingerprint density at radius 2 is 2.11 bits per heavy atom. The zero-order valence-electron chi connectivity index (χ0n) is 14.2. The number of carbonyl (C=O) groups is 1. The lowest BCUT2D eigenvalue weighted by Crippen LogP contribution is -2.17. The average molecular weight is 398 g/mol. The van der Waals surface area contributed by atoms with Crippen molar-refractivity contribution in [1.29, 1.82) is 5.26 Å². The molecule has 0 bridgehead atoms. The van der Waals surface area contributed by atoms with Gasteiger partial charge in [-0.1, -0.05) is 60.4 Å². The van der Waals surface area contributed by atoms with E-state index in [9.17, 15) is 14.9 Å². The highest BCUT2D eigenvalue weighted by Crippen LogP contribution is 2.22. The third-order valence-electron chi connectivity index (χ3n) is 3.41. The van der Waals surface area contributed by atoms with Gasteiger partial charge in [0.15, 0.2) is 5.16 Å². The lowest BCUT2D eigenvalue weighted by molar-refractivity contribution is -0.113. The third-order valence-corrected chi connectivity index (χ3v) is 5.27. The number of hydrogen-bond donors (Lipinski definition) is 2. The van der Waals surface area contributed by atoms with Crippen molar-refractivity contribution in [3.05, 3.63) is 51.3 Å². The Morgan fingerprint density at radius 3 is 2.78 bits per heavy atom. The van der Waals surface area contributed by atoms with E-state index in [-0.39, 0.29) is 22.4 Å². The van der Waals surface area contributed by atoms with Gasteiger partial charge in [0, 0.05) is 5.56 Å². The summed E-state index contributed by atoms with van der Waals surface area (Å²) in [5.74, 6) is -0.253. The SMILES string of the molecule is CCc1nnc(NC(=O)CSc2nc(-c3ccccc3)c(C#N)c(=O)[nH]2)s1. The monoisotopic (exact) mass is 398 g/mol. The zero-order valence-corrected chi connectivity index (χ0v) is 15.9. The highest BCUT2D eigenvalue weighted by molar-refractivity contribution is 7.99. The number of aromatic amines is 1. The molecule has 2 aromatic heterocycles. The van der Waals surface area contributed by atoms with Crippen molar-refractivity contribution in [2.45, 2.75) is 18.5 Å². The fourth-order valence-corrected chi connectivity index (χ4v) is 3.52. The molecule has 0 aliphatic carbocycles. The lowest BCUT2D eigenvalue weighted by atomic mass is 10.1. The van der Waals surface area contributed by atoms with Gasteiger partial charge in [-0.05, 0) is 6.42 Å². The lowest BCUT2D eigenvalue weighted by Gasteiger charge is -2.06. The van der Waals surface area contributed by atoms with Gasteiger partial charge in [0.1, 0.15) is 16.6 Å². The molecule has 3 rings (SSSR count). The Balaban J connectivity index is 1.75. The van der Waals surface area contributed by atoms with Crippen molar-refractivity contribution in [2.24, 2.45) is 0 Å². The number of carbonyl (C=O) groups excluding carboxylic acids is 1. The Kier molecular flexibility index (Phi) is 5.95. The van der Waals surface area contributed by atoms with Crippen molar-refractivity contribution in [3.63, 3.8) is 0 Å². The zero-order chi connectivity index (χ0) is 19.2. The molecule has 1 amide bonds. The van der Waals surface area contributed by atoms with E-state index in [2.05, 4.69) is 25.5 Å². The highest BCUT2D eigenvalue weighted by Gasteiger charge is 2.15. The van der Waals surface area contributed by atoms with E-state index in [0.29, 0.717) is 16.4 Å². The molecular weight excluding hydrogens is 384 g/mol. The molecule has 0 fully saturated rings. The Labute approximate surface area is 162 Å². The summed E-state index contributed by atoms with van der Waals surface area (Å²) in [5.41, 5.74) is 0.357. The van der Waals surface area contributed by atoms with Crippen LogP contribution < -0.4 is 10.9 Å². The maximum absolute atomic E-state index is 12.2. The van der Waals surface area contributed by atoms with Crippen LogP contribution in [0.2, 0.25) is 0 Å². The van der Waals surface area contributed by atoms with Gasteiger partial charge in [-0.3, -0.25) is 14.9 Å². The van der Waals surface area contributed by atoms with Crippen molar-refractivity contribution in [2.75, 3.05) is 11.1 Å². The second-order valence-electron chi connectivity index (χ2n) is 5.26. The summed E-state index contributed by atoms with van der Waals surface area (Å²) < 4.78 is 0. The molecule has 2 heterocycles. The van der Waals surface area contributed by atoms with Crippen LogP contribution in [0, 0.1) is 11.3 Å². The van der Waals surface area contributed by atoms with Crippen molar-refractivity contribution < 1.29 is 4.79 Å². The van der Waals surface area contributed by atoms with Gasteiger partial charge in [0.05, 0.1) is 11.4 Å². The molecule has 3 aromatic rings. The fourth-order valence-electron chi connectivity index (χ4n) is 2.17. The van der Waals surface area contributed by atoms with Crippen LogP contribution in [0.25, 0.3) is 11.3 Å². The number of benzene rings is 1. The molecular formula is C17H14N6O2S2. The van der Waals surface area contributed by atoms with E-state index < -0.39 is 5.56 Å². The summed E-state index contributed by atoms with van der Waals surface area (Å²) >= 11 is 2.39. The summed E-state index contributed by atoms with van der Waals surface area (Å²) in [5, 5.41) is 21.3. The molecule has 1 aromatic carbocycles. The number of thioether (sulfide) groups is 1. The van der Waals surface area contributed by atoms with Crippen LogP contribution in [0.1, 0.15) is 17.5 Å². The summed E-state index contributed by atoms with van der Waals surface area (Å²) in [4.78, 5) is 31.2. The maximum Gasteiger partial charge on any atom is 0.270 e. The van der Waals surface area contributed by atoms with Gasteiger partial charge >= 0.3 is 0 Å².